The van der Waals surface area contributed by atoms with Crippen molar-refractivity contribution in [1.29, 1.82) is 0 Å². The fourth-order valence-corrected chi connectivity index (χ4v) is 3.91. The summed E-state index contributed by atoms with van der Waals surface area (Å²) in [6.07, 6.45) is 0. The van der Waals surface area contributed by atoms with E-state index in [4.69, 9.17) is 21.1 Å². The van der Waals surface area contributed by atoms with Gasteiger partial charge in [0.05, 0.1) is 10.2 Å². The average Bonchev–Trinajstić information content (AvgIpc) is 3.04. The number of thiazole rings is 1. The maximum Gasteiger partial charge on any atom is 0.350 e. The smallest absolute Gasteiger partial charge is 0.350 e. The highest BCUT2D eigenvalue weighted by molar-refractivity contribution is 7.22. The van der Waals surface area contributed by atoms with Crippen LogP contribution < -0.4 is 10.1 Å². The molecule has 1 amide bonds. The van der Waals surface area contributed by atoms with Crippen LogP contribution >= 0.6 is 22.9 Å². The monoisotopic (exact) mass is 432 g/mol. The zero-order chi connectivity index (χ0) is 21.2. The van der Waals surface area contributed by atoms with E-state index in [1.165, 1.54) is 11.3 Å². The summed E-state index contributed by atoms with van der Waals surface area (Å²) < 4.78 is 11.8. The molecule has 0 saturated heterocycles. The number of nitrogens with one attached hydrogen (secondary N) is 1. The first-order chi connectivity index (χ1) is 13.6. The van der Waals surface area contributed by atoms with E-state index >= 15 is 0 Å². The maximum absolute atomic E-state index is 12.3. The van der Waals surface area contributed by atoms with E-state index in [2.05, 4.69) is 10.3 Å². The van der Waals surface area contributed by atoms with Gasteiger partial charge in [-0.1, -0.05) is 29.0 Å². The van der Waals surface area contributed by atoms with Crippen molar-refractivity contribution in [3.05, 3.63) is 52.5 Å². The van der Waals surface area contributed by atoms with Gasteiger partial charge in [-0.3, -0.25) is 10.1 Å². The van der Waals surface area contributed by atoms with Crippen LogP contribution in [0.4, 0.5) is 5.13 Å². The van der Waals surface area contributed by atoms with Gasteiger partial charge < -0.3 is 9.47 Å². The minimum absolute atomic E-state index is 0.430. The lowest BCUT2D eigenvalue weighted by Crippen LogP contribution is -2.41. The number of benzene rings is 2. The molecule has 0 aliphatic heterocycles. The molecule has 3 aromatic rings. The van der Waals surface area contributed by atoms with E-state index in [9.17, 15) is 9.59 Å². The van der Waals surface area contributed by atoms with Crippen molar-refractivity contribution >= 4 is 50.2 Å². The number of hydrogen-bond donors (Lipinski definition) is 1. The Hall–Kier alpha value is -2.64. The first-order valence-electron chi connectivity index (χ1n) is 8.93. The molecule has 0 saturated carbocycles. The molecule has 152 valence electrons. The highest BCUT2D eigenvalue weighted by Gasteiger charge is 2.32. The van der Waals surface area contributed by atoms with E-state index in [1.807, 2.05) is 26.0 Å². The van der Waals surface area contributed by atoms with Gasteiger partial charge in [0.2, 0.25) is 0 Å². The standard InChI is InChI=1S/C21H21ClN2O4S/c1-12-9-13(2)18-16(10-12)29-20(24-18)23-17(25)11-27-19(26)21(3,4)28-15-7-5-14(22)6-8-15/h5-10H,11H2,1-4H3,(H,23,24,25). The molecule has 6 nitrogen and oxygen atoms in total. The molecule has 0 atom stereocenters. The van der Waals surface area contributed by atoms with Gasteiger partial charge in [0, 0.05) is 5.02 Å². The van der Waals surface area contributed by atoms with Crippen molar-refractivity contribution in [3.63, 3.8) is 0 Å². The number of hydrogen-bond acceptors (Lipinski definition) is 6. The van der Waals surface area contributed by atoms with Gasteiger partial charge in [0.15, 0.2) is 17.3 Å². The number of halogens is 1. The Morgan fingerprint density at radius 1 is 1.17 bits per heavy atom. The molecule has 0 fully saturated rings. The third-order valence-electron chi connectivity index (χ3n) is 4.09. The van der Waals surface area contributed by atoms with Gasteiger partial charge in [-0.05, 0) is 69.2 Å². The number of ether oxygens (including phenoxy) is 2. The summed E-state index contributed by atoms with van der Waals surface area (Å²) in [6.45, 7) is 6.70. The number of amides is 1. The second-order valence-electron chi connectivity index (χ2n) is 7.14. The van der Waals surface area contributed by atoms with Crippen molar-refractivity contribution in [3.8, 4) is 5.75 Å². The summed E-state index contributed by atoms with van der Waals surface area (Å²) in [5.41, 5.74) is 1.77. The number of fused-ring (bicyclic) bond motifs is 1. The van der Waals surface area contributed by atoms with Gasteiger partial charge in [0.1, 0.15) is 5.75 Å². The van der Waals surface area contributed by atoms with Gasteiger partial charge in [0.25, 0.3) is 5.91 Å². The Morgan fingerprint density at radius 2 is 1.86 bits per heavy atom. The van der Waals surface area contributed by atoms with Crippen LogP contribution in [0.5, 0.6) is 5.75 Å². The lowest BCUT2D eigenvalue weighted by atomic mass is 10.1. The lowest BCUT2D eigenvalue weighted by Gasteiger charge is -2.24. The number of nitrogens with zero attached hydrogens (tertiary/aromatic N) is 1. The second kappa shape index (κ2) is 8.39. The van der Waals surface area contributed by atoms with Crippen LogP contribution in [-0.2, 0) is 14.3 Å². The molecule has 1 heterocycles. The van der Waals surface area contributed by atoms with Crippen molar-refractivity contribution < 1.29 is 19.1 Å². The Kier molecular flexibility index (Phi) is 6.10. The SMILES string of the molecule is Cc1cc(C)c2nc(NC(=O)COC(=O)C(C)(C)Oc3ccc(Cl)cc3)sc2c1. The van der Waals surface area contributed by atoms with Crippen LogP contribution in [0.15, 0.2) is 36.4 Å². The van der Waals surface area contributed by atoms with Gasteiger partial charge in [-0.25, -0.2) is 9.78 Å². The van der Waals surface area contributed by atoms with Crippen LogP contribution in [0.3, 0.4) is 0 Å². The lowest BCUT2D eigenvalue weighted by molar-refractivity contribution is -0.161. The van der Waals surface area contributed by atoms with Crippen LogP contribution in [0.1, 0.15) is 25.0 Å². The van der Waals surface area contributed by atoms with Gasteiger partial charge >= 0.3 is 5.97 Å². The van der Waals surface area contributed by atoms with E-state index in [-0.39, 0.29) is 0 Å². The van der Waals surface area contributed by atoms with E-state index in [1.54, 1.807) is 38.1 Å². The molecule has 2 aromatic carbocycles. The molecular formula is C21H21ClN2O4S. The molecule has 0 bridgehead atoms. The van der Waals surface area contributed by atoms with Gasteiger partial charge in [-0.15, -0.1) is 0 Å². The summed E-state index contributed by atoms with van der Waals surface area (Å²) >= 11 is 7.22. The molecule has 1 aromatic heterocycles. The third-order valence-corrected chi connectivity index (χ3v) is 5.26. The summed E-state index contributed by atoms with van der Waals surface area (Å²) in [5.74, 6) is -0.645. The van der Waals surface area contributed by atoms with Gasteiger partial charge in [-0.2, -0.15) is 0 Å². The predicted octanol–water partition coefficient (Wildman–Crippen LogP) is 4.91. The minimum Gasteiger partial charge on any atom is -0.476 e. The fourth-order valence-electron chi connectivity index (χ4n) is 2.72. The van der Waals surface area contributed by atoms with Crippen LogP contribution in [0, 0.1) is 13.8 Å². The van der Waals surface area contributed by atoms with E-state index in [0.29, 0.717) is 15.9 Å². The molecule has 0 aliphatic rings. The Balaban J connectivity index is 1.57. The molecule has 1 N–H and O–H groups in total. The van der Waals surface area contributed by atoms with Crippen molar-refractivity contribution in [1.82, 2.24) is 4.98 Å². The predicted molar refractivity (Wildman–Crippen MR) is 115 cm³/mol. The molecule has 3 rings (SSSR count). The average molecular weight is 433 g/mol. The first-order valence-corrected chi connectivity index (χ1v) is 10.1. The summed E-state index contributed by atoms with van der Waals surface area (Å²) in [5, 5.41) is 3.71. The molecule has 0 radical (unpaired) electrons. The Morgan fingerprint density at radius 3 is 2.55 bits per heavy atom. The largest absolute Gasteiger partial charge is 0.476 e. The normalized spacial score (nSPS) is 11.3. The highest BCUT2D eigenvalue weighted by Crippen LogP contribution is 2.29. The minimum atomic E-state index is -1.27. The zero-order valence-corrected chi connectivity index (χ0v) is 18.1. The number of anilines is 1. The van der Waals surface area contributed by atoms with Crippen LogP contribution in [0.25, 0.3) is 10.2 Å². The number of carbonyl (C=O) groups is 2. The Bertz CT molecular complexity index is 1060. The van der Waals surface area contributed by atoms with Crippen LogP contribution in [0.2, 0.25) is 5.02 Å². The molecule has 0 unspecified atom stereocenters. The molecule has 0 aliphatic carbocycles. The molecule has 8 heteroatoms. The number of esters is 1. The summed E-state index contributed by atoms with van der Waals surface area (Å²) in [6, 6.07) is 10.7. The highest BCUT2D eigenvalue weighted by atomic mass is 35.5. The molecule has 29 heavy (non-hydrogen) atoms. The summed E-state index contributed by atoms with van der Waals surface area (Å²) in [4.78, 5) is 29.0. The Labute approximate surface area is 177 Å². The molecular weight excluding hydrogens is 412 g/mol. The first kappa shape index (κ1) is 21.1. The van der Waals surface area contributed by atoms with Crippen molar-refractivity contribution in [2.45, 2.75) is 33.3 Å². The zero-order valence-electron chi connectivity index (χ0n) is 16.5. The van der Waals surface area contributed by atoms with Crippen molar-refractivity contribution in [2.24, 2.45) is 0 Å². The number of rotatable bonds is 6. The maximum atomic E-state index is 12.3. The third kappa shape index (κ3) is 5.25. The van der Waals surface area contributed by atoms with E-state index in [0.717, 1.165) is 21.3 Å². The fraction of sp³-hybridized carbons (Fsp3) is 0.286. The topological polar surface area (TPSA) is 77.5 Å². The van der Waals surface area contributed by atoms with Crippen molar-refractivity contribution in [2.75, 3.05) is 11.9 Å². The van der Waals surface area contributed by atoms with E-state index < -0.39 is 24.1 Å². The number of aromatic nitrogens is 1. The van der Waals surface area contributed by atoms with Crippen LogP contribution in [-0.4, -0.2) is 29.1 Å². The number of carbonyl (C=O) groups excluding carboxylic acids is 2. The molecule has 0 spiro atoms. The number of aryl methyl sites for hydroxylation is 2. The second-order valence-corrected chi connectivity index (χ2v) is 8.61. The quantitative estimate of drug-likeness (QED) is 0.560. The summed E-state index contributed by atoms with van der Waals surface area (Å²) in [7, 11) is 0.